The fraction of sp³-hybridized carbons (Fsp3) is 0.267. The molecule has 1 amide bonds. The predicted molar refractivity (Wildman–Crippen MR) is 154 cm³/mol. The molecular weight excluding hydrogens is 557 g/mol. The van der Waals surface area contributed by atoms with Gasteiger partial charge >= 0.3 is 5.97 Å². The van der Waals surface area contributed by atoms with E-state index in [1.807, 2.05) is 42.5 Å². The van der Waals surface area contributed by atoms with Crippen molar-refractivity contribution in [2.45, 2.75) is 50.0 Å². The maximum Gasteiger partial charge on any atom is 0.329 e. The van der Waals surface area contributed by atoms with Gasteiger partial charge in [-0.05, 0) is 61.2 Å². The van der Waals surface area contributed by atoms with Gasteiger partial charge in [0.25, 0.3) is 0 Å². The number of pyridine rings is 2. The van der Waals surface area contributed by atoms with Crippen molar-refractivity contribution in [1.29, 1.82) is 0 Å². The van der Waals surface area contributed by atoms with E-state index in [4.69, 9.17) is 39.8 Å². The third-order valence-corrected chi connectivity index (χ3v) is 8.40. The summed E-state index contributed by atoms with van der Waals surface area (Å²) in [5, 5.41) is 15.4. The van der Waals surface area contributed by atoms with Gasteiger partial charge in [0.05, 0.1) is 26.7 Å². The minimum absolute atomic E-state index is 0.102. The Morgan fingerprint density at radius 1 is 0.974 bits per heavy atom. The van der Waals surface area contributed by atoms with Gasteiger partial charge in [-0.1, -0.05) is 71.9 Å². The van der Waals surface area contributed by atoms with Crippen LogP contribution in [0.5, 0.6) is 0 Å². The molecule has 1 saturated carbocycles. The Labute approximate surface area is 241 Å². The summed E-state index contributed by atoms with van der Waals surface area (Å²) in [5.74, 6) is -1.37. The number of carbonyl (C=O) groups excluding carboxylic acids is 1. The molecular formula is C30H26Cl3N3O3. The highest BCUT2D eigenvalue weighted by Crippen LogP contribution is 2.42. The van der Waals surface area contributed by atoms with Crippen molar-refractivity contribution in [2.24, 2.45) is 0 Å². The van der Waals surface area contributed by atoms with Crippen LogP contribution in [0.25, 0.3) is 22.2 Å². The molecule has 1 atom stereocenters. The molecule has 1 aliphatic carbocycles. The zero-order valence-corrected chi connectivity index (χ0v) is 23.4. The molecule has 0 aliphatic heterocycles. The summed E-state index contributed by atoms with van der Waals surface area (Å²) >= 11 is 18.7. The van der Waals surface area contributed by atoms with Gasteiger partial charge in [-0.3, -0.25) is 9.78 Å². The summed E-state index contributed by atoms with van der Waals surface area (Å²) in [6, 6.07) is 16.5. The molecule has 0 saturated heterocycles. The fourth-order valence-corrected chi connectivity index (χ4v) is 6.11. The number of carboxylic acid groups (broad SMARTS) is 1. The molecule has 1 fully saturated rings. The second kappa shape index (κ2) is 10.8. The van der Waals surface area contributed by atoms with E-state index < -0.39 is 16.9 Å². The van der Waals surface area contributed by atoms with Gasteiger partial charge in [-0.2, -0.15) is 0 Å². The average Bonchev–Trinajstić information content (AvgIpc) is 3.40. The van der Waals surface area contributed by atoms with Gasteiger partial charge in [0.15, 0.2) is 0 Å². The van der Waals surface area contributed by atoms with Gasteiger partial charge in [0.1, 0.15) is 5.54 Å². The fourth-order valence-electron chi connectivity index (χ4n) is 5.43. The van der Waals surface area contributed by atoms with E-state index in [1.165, 1.54) is 12.4 Å². The Morgan fingerprint density at radius 2 is 1.64 bits per heavy atom. The SMILES string of the molecule is C[C@@](Cc1ccc2nc(-c3c(Cl)cncc3Cl)ccc2c1)(NC(=O)C1(c2ccc(Cl)cc2)CCCC1)C(=O)O. The lowest BCUT2D eigenvalue weighted by molar-refractivity contribution is -0.147. The Morgan fingerprint density at radius 3 is 2.28 bits per heavy atom. The first-order valence-corrected chi connectivity index (χ1v) is 13.8. The van der Waals surface area contributed by atoms with E-state index in [-0.39, 0.29) is 12.3 Å². The minimum atomic E-state index is -1.52. The van der Waals surface area contributed by atoms with Crippen molar-refractivity contribution in [1.82, 2.24) is 15.3 Å². The largest absolute Gasteiger partial charge is 0.480 e. The van der Waals surface area contributed by atoms with E-state index in [0.717, 1.165) is 29.4 Å². The zero-order valence-electron chi connectivity index (χ0n) is 21.2. The first-order chi connectivity index (χ1) is 18.6. The number of amides is 1. The van der Waals surface area contributed by atoms with Gasteiger partial charge in [-0.15, -0.1) is 0 Å². The summed E-state index contributed by atoms with van der Waals surface area (Å²) < 4.78 is 0. The lowest BCUT2D eigenvalue weighted by Gasteiger charge is -2.34. The molecule has 5 rings (SSSR count). The maximum atomic E-state index is 13.8. The Hall–Kier alpha value is -3.19. The number of rotatable bonds is 7. The van der Waals surface area contributed by atoms with Gasteiger partial charge in [-0.25, -0.2) is 9.78 Å². The van der Waals surface area contributed by atoms with Gasteiger partial charge in [0.2, 0.25) is 5.91 Å². The number of aliphatic carboxylic acids is 1. The normalized spacial score (nSPS) is 16.1. The number of hydrogen-bond donors (Lipinski definition) is 2. The molecule has 4 aromatic rings. The highest BCUT2D eigenvalue weighted by atomic mass is 35.5. The second-order valence-electron chi connectivity index (χ2n) is 10.3. The van der Waals surface area contributed by atoms with Crippen molar-refractivity contribution < 1.29 is 14.7 Å². The lowest BCUT2D eigenvalue weighted by Crippen LogP contribution is -2.58. The quantitative estimate of drug-likeness (QED) is 0.239. The van der Waals surface area contributed by atoms with Crippen LogP contribution in [-0.4, -0.2) is 32.5 Å². The van der Waals surface area contributed by atoms with E-state index in [2.05, 4.69) is 10.3 Å². The standard InChI is InChI=1S/C30H26Cl3N3O3/c1-29(28(38)39,36-27(37)30(12-2-3-13-30)20-6-8-21(31)9-7-20)15-18-4-10-24-19(14-18)5-11-25(35-24)26-22(32)16-34-17-23(26)33/h4-11,14,16-17H,2-3,12-13,15H2,1H3,(H,36,37)(H,38,39)/t29-/m0/s1. The molecule has 200 valence electrons. The van der Waals surface area contributed by atoms with Gasteiger partial charge < -0.3 is 10.4 Å². The Bertz CT molecular complexity index is 1550. The molecule has 0 bridgehead atoms. The van der Waals surface area contributed by atoms with Crippen molar-refractivity contribution in [2.75, 3.05) is 0 Å². The molecule has 9 heteroatoms. The number of aromatic nitrogens is 2. The zero-order chi connectivity index (χ0) is 27.8. The number of carbonyl (C=O) groups is 2. The first-order valence-electron chi connectivity index (χ1n) is 12.6. The summed E-state index contributed by atoms with van der Waals surface area (Å²) in [4.78, 5) is 35.0. The van der Waals surface area contributed by atoms with Crippen LogP contribution >= 0.6 is 34.8 Å². The highest BCUT2D eigenvalue weighted by molar-refractivity contribution is 6.38. The lowest BCUT2D eigenvalue weighted by atomic mass is 9.77. The molecule has 39 heavy (non-hydrogen) atoms. The van der Waals surface area contributed by atoms with Crippen molar-refractivity contribution >= 4 is 57.6 Å². The molecule has 2 aromatic heterocycles. The van der Waals surface area contributed by atoms with Crippen LogP contribution in [0.2, 0.25) is 15.1 Å². The first kappa shape index (κ1) is 27.4. The van der Waals surface area contributed by atoms with Crippen molar-refractivity contribution in [3.63, 3.8) is 0 Å². The number of nitrogens with zero attached hydrogens (tertiary/aromatic N) is 2. The molecule has 0 spiro atoms. The van der Waals surface area contributed by atoms with E-state index in [9.17, 15) is 14.7 Å². The van der Waals surface area contributed by atoms with Crippen LogP contribution < -0.4 is 5.32 Å². The number of fused-ring (bicyclic) bond motifs is 1. The number of benzene rings is 2. The van der Waals surface area contributed by atoms with Crippen LogP contribution in [0.4, 0.5) is 0 Å². The van der Waals surface area contributed by atoms with Crippen molar-refractivity contribution in [3.05, 3.63) is 93.2 Å². The monoisotopic (exact) mass is 581 g/mol. The smallest absolute Gasteiger partial charge is 0.329 e. The summed E-state index contributed by atoms with van der Waals surface area (Å²) in [6.45, 7) is 1.55. The van der Waals surface area contributed by atoms with E-state index in [1.54, 1.807) is 19.1 Å². The molecule has 2 aromatic carbocycles. The molecule has 6 nitrogen and oxygen atoms in total. The molecule has 2 N–H and O–H groups in total. The number of nitrogens with one attached hydrogen (secondary N) is 1. The number of hydrogen-bond acceptors (Lipinski definition) is 4. The van der Waals surface area contributed by atoms with Crippen LogP contribution in [0, 0.1) is 0 Å². The highest BCUT2D eigenvalue weighted by Gasteiger charge is 2.46. The molecule has 0 unspecified atom stereocenters. The van der Waals surface area contributed by atoms with E-state index >= 15 is 0 Å². The number of halogens is 3. The second-order valence-corrected chi connectivity index (χ2v) is 11.5. The van der Waals surface area contributed by atoms with Crippen LogP contribution in [0.3, 0.4) is 0 Å². The van der Waals surface area contributed by atoms with E-state index in [0.29, 0.717) is 44.7 Å². The maximum absolute atomic E-state index is 13.8. The summed E-state index contributed by atoms with van der Waals surface area (Å²) in [5.41, 5.74) is 1.24. The third kappa shape index (κ3) is 5.33. The Balaban J connectivity index is 1.42. The predicted octanol–water partition coefficient (Wildman–Crippen LogP) is 7.27. The van der Waals surface area contributed by atoms with Crippen molar-refractivity contribution in [3.8, 4) is 11.3 Å². The van der Waals surface area contributed by atoms with Gasteiger partial charge in [0, 0.05) is 34.8 Å². The average molecular weight is 583 g/mol. The topological polar surface area (TPSA) is 92.2 Å². The third-order valence-electron chi connectivity index (χ3n) is 7.57. The van der Waals surface area contributed by atoms with Crippen LogP contribution in [0.1, 0.15) is 43.7 Å². The van der Waals surface area contributed by atoms with Crippen LogP contribution in [0.15, 0.2) is 67.0 Å². The Kier molecular flexibility index (Phi) is 7.55. The molecule has 2 heterocycles. The molecule has 1 aliphatic rings. The number of carboxylic acids is 1. The molecule has 0 radical (unpaired) electrons. The van der Waals surface area contributed by atoms with Crippen LogP contribution in [-0.2, 0) is 21.4 Å². The summed E-state index contributed by atoms with van der Waals surface area (Å²) in [6.07, 6.45) is 6.25. The minimum Gasteiger partial charge on any atom is -0.480 e. The summed E-state index contributed by atoms with van der Waals surface area (Å²) in [7, 11) is 0.